The minimum atomic E-state index is 0.528. The highest BCUT2D eigenvalue weighted by Gasteiger charge is 2.20. The van der Waals surface area contributed by atoms with E-state index in [2.05, 4.69) is 43.1 Å². The van der Waals surface area contributed by atoms with Crippen molar-refractivity contribution in [3.63, 3.8) is 0 Å². The second-order valence-electron chi connectivity index (χ2n) is 3.70. The third kappa shape index (κ3) is 2.91. The molecule has 0 aromatic heterocycles. The zero-order valence-electron chi connectivity index (χ0n) is 9.57. The molecule has 1 heterocycles. The summed E-state index contributed by atoms with van der Waals surface area (Å²) in [7, 11) is 2.12. The Morgan fingerprint density at radius 2 is 2.00 bits per heavy atom. The van der Waals surface area contributed by atoms with Gasteiger partial charge in [0.15, 0.2) is 0 Å². The van der Waals surface area contributed by atoms with E-state index < -0.39 is 0 Å². The average molecular weight is 198 g/mol. The third-order valence-electron chi connectivity index (χ3n) is 2.55. The summed E-state index contributed by atoms with van der Waals surface area (Å²) in [5.41, 5.74) is 0. The summed E-state index contributed by atoms with van der Waals surface area (Å²) in [5, 5.41) is 0. The Balaban J connectivity index is 2.20. The number of ether oxygens (including phenoxy) is 1. The predicted octanol–water partition coefficient (Wildman–Crippen LogP) is 1.87. The minimum Gasteiger partial charge on any atom is -0.380 e. The standard InChI is InChI=1S/C11H22N2O/c1-4-9-14-10-8-13-7-6-12(3)11(13)5-2/h6-7,11H,4-5,8-10H2,1-3H3. The van der Waals surface area contributed by atoms with Gasteiger partial charge >= 0.3 is 0 Å². The van der Waals surface area contributed by atoms with Crippen molar-refractivity contribution in [3.8, 4) is 0 Å². The fraction of sp³-hybridized carbons (Fsp3) is 0.818. The molecule has 0 amide bonds. The molecule has 1 aliphatic rings. The molecule has 1 aliphatic heterocycles. The summed E-state index contributed by atoms with van der Waals surface area (Å²) in [6.45, 7) is 7.07. The van der Waals surface area contributed by atoms with E-state index in [0.717, 1.165) is 32.6 Å². The molecule has 1 rings (SSSR count). The van der Waals surface area contributed by atoms with E-state index in [4.69, 9.17) is 4.74 Å². The molecule has 0 spiro atoms. The molecule has 82 valence electrons. The highest BCUT2D eigenvalue weighted by atomic mass is 16.5. The largest absolute Gasteiger partial charge is 0.380 e. The molecule has 3 nitrogen and oxygen atoms in total. The molecule has 14 heavy (non-hydrogen) atoms. The summed E-state index contributed by atoms with van der Waals surface area (Å²) >= 11 is 0. The van der Waals surface area contributed by atoms with Crippen LogP contribution in [0.15, 0.2) is 12.4 Å². The second kappa shape index (κ2) is 5.91. The molecule has 3 heteroatoms. The van der Waals surface area contributed by atoms with Crippen molar-refractivity contribution < 1.29 is 4.74 Å². The van der Waals surface area contributed by atoms with Gasteiger partial charge in [-0.05, 0) is 12.8 Å². The summed E-state index contributed by atoms with van der Waals surface area (Å²) < 4.78 is 5.48. The lowest BCUT2D eigenvalue weighted by molar-refractivity contribution is 0.0889. The van der Waals surface area contributed by atoms with Crippen molar-refractivity contribution in [2.45, 2.75) is 32.9 Å². The van der Waals surface area contributed by atoms with E-state index >= 15 is 0 Å². The molecule has 0 bridgehead atoms. The fourth-order valence-corrected chi connectivity index (χ4v) is 1.79. The Morgan fingerprint density at radius 3 is 2.64 bits per heavy atom. The highest BCUT2D eigenvalue weighted by molar-refractivity contribution is 4.94. The SMILES string of the molecule is CCCOCCN1C=CN(C)C1CC. The van der Waals surface area contributed by atoms with Crippen molar-refractivity contribution >= 4 is 0 Å². The van der Waals surface area contributed by atoms with Crippen molar-refractivity contribution in [1.29, 1.82) is 0 Å². The normalized spacial score (nSPS) is 20.9. The lowest BCUT2D eigenvalue weighted by atomic mass is 10.3. The molecule has 0 N–H and O–H groups in total. The maximum absolute atomic E-state index is 5.48. The van der Waals surface area contributed by atoms with Crippen LogP contribution in [-0.4, -0.2) is 42.8 Å². The van der Waals surface area contributed by atoms with Gasteiger partial charge in [-0.1, -0.05) is 13.8 Å². The van der Waals surface area contributed by atoms with E-state index in [-0.39, 0.29) is 0 Å². The summed E-state index contributed by atoms with van der Waals surface area (Å²) in [6.07, 6.45) is 7.07. The van der Waals surface area contributed by atoms with Crippen molar-refractivity contribution in [2.24, 2.45) is 0 Å². The first kappa shape index (κ1) is 11.4. The van der Waals surface area contributed by atoms with Crippen molar-refractivity contribution in [1.82, 2.24) is 9.80 Å². The van der Waals surface area contributed by atoms with Crippen LogP contribution in [0.5, 0.6) is 0 Å². The Morgan fingerprint density at radius 1 is 1.21 bits per heavy atom. The first-order chi connectivity index (χ1) is 6.79. The van der Waals surface area contributed by atoms with Gasteiger partial charge in [0.2, 0.25) is 0 Å². The Labute approximate surface area is 87.3 Å². The minimum absolute atomic E-state index is 0.528. The highest BCUT2D eigenvalue weighted by Crippen LogP contribution is 2.15. The van der Waals surface area contributed by atoms with Gasteiger partial charge in [-0.15, -0.1) is 0 Å². The predicted molar refractivity (Wildman–Crippen MR) is 58.8 cm³/mol. The molecular formula is C11H22N2O. The molecule has 0 fully saturated rings. The number of hydrogen-bond donors (Lipinski definition) is 0. The van der Waals surface area contributed by atoms with Gasteiger partial charge in [-0.25, -0.2) is 0 Å². The van der Waals surface area contributed by atoms with E-state index in [9.17, 15) is 0 Å². The van der Waals surface area contributed by atoms with Gasteiger partial charge in [0.05, 0.1) is 6.61 Å². The summed E-state index contributed by atoms with van der Waals surface area (Å²) in [6, 6.07) is 0. The van der Waals surface area contributed by atoms with Crippen LogP contribution in [0.4, 0.5) is 0 Å². The first-order valence-corrected chi connectivity index (χ1v) is 5.53. The smallest absolute Gasteiger partial charge is 0.100 e. The van der Waals surface area contributed by atoms with Crippen LogP contribution in [0.3, 0.4) is 0 Å². The number of hydrogen-bond acceptors (Lipinski definition) is 3. The molecule has 0 radical (unpaired) electrons. The average Bonchev–Trinajstić information content (AvgIpc) is 2.54. The van der Waals surface area contributed by atoms with E-state index in [1.54, 1.807) is 0 Å². The van der Waals surface area contributed by atoms with Gasteiger partial charge < -0.3 is 14.5 Å². The lowest BCUT2D eigenvalue weighted by Gasteiger charge is -2.29. The molecule has 0 aliphatic carbocycles. The summed E-state index contributed by atoms with van der Waals surface area (Å²) in [4.78, 5) is 4.59. The van der Waals surface area contributed by atoms with E-state index in [0.29, 0.717) is 6.17 Å². The van der Waals surface area contributed by atoms with Gasteiger partial charge in [0.25, 0.3) is 0 Å². The first-order valence-electron chi connectivity index (χ1n) is 5.53. The van der Waals surface area contributed by atoms with Crippen LogP contribution in [0.1, 0.15) is 26.7 Å². The number of nitrogens with zero attached hydrogens (tertiary/aromatic N) is 2. The quantitative estimate of drug-likeness (QED) is 0.606. The summed E-state index contributed by atoms with van der Waals surface area (Å²) in [5.74, 6) is 0. The van der Waals surface area contributed by atoms with Gasteiger partial charge in [-0.3, -0.25) is 0 Å². The van der Waals surface area contributed by atoms with Crippen LogP contribution in [-0.2, 0) is 4.74 Å². The fourth-order valence-electron chi connectivity index (χ4n) is 1.79. The molecule has 0 saturated carbocycles. The van der Waals surface area contributed by atoms with Crippen LogP contribution >= 0.6 is 0 Å². The Kier molecular flexibility index (Phi) is 4.80. The topological polar surface area (TPSA) is 15.7 Å². The Hall–Kier alpha value is -0.700. The lowest BCUT2D eigenvalue weighted by Crippen LogP contribution is -2.37. The van der Waals surface area contributed by atoms with Crippen LogP contribution in [0, 0.1) is 0 Å². The van der Waals surface area contributed by atoms with Crippen LogP contribution in [0.2, 0.25) is 0 Å². The zero-order valence-corrected chi connectivity index (χ0v) is 9.57. The molecular weight excluding hydrogens is 176 g/mol. The molecule has 1 unspecified atom stereocenters. The van der Waals surface area contributed by atoms with Crippen LogP contribution < -0.4 is 0 Å². The van der Waals surface area contributed by atoms with Gasteiger partial charge in [0, 0.05) is 32.6 Å². The molecule has 0 aromatic rings. The van der Waals surface area contributed by atoms with E-state index in [1.807, 2.05) is 0 Å². The van der Waals surface area contributed by atoms with Gasteiger partial charge in [-0.2, -0.15) is 0 Å². The number of rotatable bonds is 6. The van der Waals surface area contributed by atoms with E-state index in [1.165, 1.54) is 0 Å². The molecule has 0 saturated heterocycles. The van der Waals surface area contributed by atoms with Crippen LogP contribution in [0.25, 0.3) is 0 Å². The molecule has 1 atom stereocenters. The van der Waals surface area contributed by atoms with Gasteiger partial charge in [0.1, 0.15) is 6.17 Å². The monoisotopic (exact) mass is 198 g/mol. The second-order valence-corrected chi connectivity index (χ2v) is 3.70. The third-order valence-corrected chi connectivity index (χ3v) is 2.55. The molecule has 0 aromatic carbocycles. The van der Waals surface area contributed by atoms with Crippen molar-refractivity contribution in [2.75, 3.05) is 26.8 Å². The maximum Gasteiger partial charge on any atom is 0.100 e. The zero-order chi connectivity index (χ0) is 10.4. The Bertz CT molecular complexity index is 182. The maximum atomic E-state index is 5.48. The van der Waals surface area contributed by atoms with Crippen molar-refractivity contribution in [3.05, 3.63) is 12.4 Å².